The van der Waals surface area contributed by atoms with E-state index in [1.165, 1.54) is 0 Å². The Morgan fingerprint density at radius 1 is 1.31 bits per heavy atom. The summed E-state index contributed by atoms with van der Waals surface area (Å²) in [7, 11) is -0.367. The van der Waals surface area contributed by atoms with E-state index in [9.17, 15) is 0 Å². The van der Waals surface area contributed by atoms with Crippen molar-refractivity contribution in [3.63, 3.8) is 0 Å². The molecule has 0 amide bonds. The number of rotatable bonds is 7. The highest BCUT2D eigenvalue weighted by molar-refractivity contribution is 6.51. The molecule has 2 nitrogen and oxygen atoms in total. The van der Waals surface area contributed by atoms with Gasteiger partial charge in [0.15, 0.2) is 0 Å². The number of hydrogen-bond donors (Lipinski definition) is 0. The minimum Gasteiger partial charge on any atom is -0.475 e. The molecule has 92 valence electrons. The first-order valence-corrected chi connectivity index (χ1v) is 7.94. The number of furan rings is 1. The van der Waals surface area contributed by atoms with Crippen LogP contribution in [0.2, 0.25) is 0 Å². The second kappa shape index (κ2) is 6.92. The van der Waals surface area contributed by atoms with Crippen molar-refractivity contribution < 1.29 is 9.15 Å². The highest BCUT2D eigenvalue weighted by Crippen LogP contribution is 2.15. The summed E-state index contributed by atoms with van der Waals surface area (Å²) >= 11 is 0. The van der Waals surface area contributed by atoms with Crippen molar-refractivity contribution in [3.05, 3.63) is 18.4 Å². The molecule has 0 saturated heterocycles. The Labute approximate surface area is 101 Å². The lowest BCUT2D eigenvalue weighted by Gasteiger charge is -2.23. The van der Waals surface area contributed by atoms with Gasteiger partial charge >= 0.3 is 0 Å². The molecule has 0 N–H and O–H groups in total. The molecule has 1 rings (SSSR count). The van der Waals surface area contributed by atoms with Crippen LogP contribution < -0.4 is 5.38 Å². The van der Waals surface area contributed by atoms with Gasteiger partial charge in [0.1, 0.15) is 9.52 Å². The van der Waals surface area contributed by atoms with E-state index in [-0.39, 0.29) is 9.52 Å². The van der Waals surface area contributed by atoms with Gasteiger partial charge in [-0.15, -0.1) is 0 Å². The van der Waals surface area contributed by atoms with Gasteiger partial charge in [0.05, 0.1) is 17.8 Å². The van der Waals surface area contributed by atoms with E-state index in [1.54, 1.807) is 6.26 Å². The van der Waals surface area contributed by atoms with E-state index in [1.807, 2.05) is 6.07 Å². The molecule has 1 atom stereocenters. The van der Waals surface area contributed by atoms with E-state index in [0.717, 1.165) is 18.0 Å². The predicted molar refractivity (Wildman–Crippen MR) is 70.9 cm³/mol. The van der Waals surface area contributed by atoms with Crippen LogP contribution in [0.1, 0.15) is 34.1 Å². The molecule has 0 bridgehead atoms. The van der Waals surface area contributed by atoms with Gasteiger partial charge in [-0.3, -0.25) is 0 Å². The van der Waals surface area contributed by atoms with Crippen LogP contribution in [-0.2, 0) is 4.74 Å². The Morgan fingerprint density at radius 2 is 2.06 bits per heavy atom. The van der Waals surface area contributed by atoms with Crippen molar-refractivity contribution in [3.8, 4) is 0 Å². The lowest BCUT2D eigenvalue weighted by atomic mass is 9.97. The van der Waals surface area contributed by atoms with Crippen molar-refractivity contribution in [1.29, 1.82) is 0 Å². The molecule has 1 unspecified atom stereocenters. The largest absolute Gasteiger partial charge is 0.475 e. The Hall–Kier alpha value is -0.543. The summed E-state index contributed by atoms with van der Waals surface area (Å²) in [5.74, 6) is 1.31. The molecule has 3 heteroatoms. The van der Waals surface area contributed by atoms with Gasteiger partial charge in [-0.25, -0.2) is 0 Å². The van der Waals surface area contributed by atoms with Crippen LogP contribution in [0.25, 0.3) is 0 Å². The Morgan fingerprint density at radius 3 is 2.56 bits per heavy atom. The predicted octanol–water partition coefficient (Wildman–Crippen LogP) is 2.12. The first-order chi connectivity index (χ1) is 7.59. The molecule has 16 heavy (non-hydrogen) atoms. The zero-order valence-corrected chi connectivity index (χ0v) is 12.3. The average Bonchev–Trinajstić information content (AvgIpc) is 2.68. The Balaban J connectivity index is 2.27. The van der Waals surface area contributed by atoms with Crippen LogP contribution in [0.5, 0.6) is 0 Å². The highest BCUT2D eigenvalue weighted by atomic mass is 28.2. The fraction of sp³-hybridized carbons (Fsp3) is 0.692. The summed E-state index contributed by atoms with van der Waals surface area (Å²) in [6.45, 7) is 8.98. The van der Waals surface area contributed by atoms with Crippen LogP contribution in [-0.4, -0.2) is 21.9 Å². The fourth-order valence-electron chi connectivity index (χ4n) is 1.76. The first-order valence-electron chi connectivity index (χ1n) is 6.23. The van der Waals surface area contributed by atoms with E-state index >= 15 is 0 Å². The number of hydrogen-bond acceptors (Lipinski definition) is 2. The van der Waals surface area contributed by atoms with Crippen LogP contribution >= 0.6 is 0 Å². The highest BCUT2D eigenvalue weighted by Gasteiger charge is 2.15. The zero-order valence-electron chi connectivity index (χ0n) is 10.9. The van der Waals surface area contributed by atoms with Gasteiger partial charge in [-0.1, -0.05) is 27.7 Å². The van der Waals surface area contributed by atoms with E-state index in [0.29, 0.717) is 17.9 Å². The summed E-state index contributed by atoms with van der Waals surface area (Å²) < 4.78 is 11.3. The lowest BCUT2D eigenvalue weighted by molar-refractivity contribution is 0.0350. The molecular weight excluding hydrogens is 216 g/mol. The van der Waals surface area contributed by atoms with Crippen molar-refractivity contribution in [1.82, 2.24) is 0 Å². The molecule has 1 heterocycles. The summed E-state index contributed by atoms with van der Waals surface area (Å²) in [4.78, 5) is 0. The van der Waals surface area contributed by atoms with E-state index in [4.69, 9.17) is 9.15 Å². The molecule has 0 spiro atoms. The van der Waals surface area contributed by atoms with E-state index < -0.39 is 0 Å². The van der Waals surface area contributed by atoms with Gasteiger partial charge in [-0.2, -0.15) is 0 Å². The van der Waals surface area contributed by atoms with Crippen LogP contribution in [0.4, 0.5) is 0 Å². The van der Waals surface area contributed by atoms with Gasteiger partial charge in [-0.05, 0) is 30.4 Å². The van der Waals surface area contributed by atoms with Gasteiger partial charge in [0.25, 0.3) is 0 Å². The minimum atomic E-state index is -0.367. The standard InChI is InChI=1S/C13H24O2Si/c1-10(2)8-12(11(3)4)15-9-16-13-6-5-7-14-13/h5-7,10-12H,8-9,16H2,1-4H3. The summed E-state index contributed by atoms with van der Waals surface area (Å²) in [6.07, 6.45) is 4.20. The minimum absolute atomic E-state index is 0.367. The van der Waals surface area contributed by atoms with Crippen molar-refractivity contribution >= 4 is 14.9 Å². The quantitative estimate of drug-likeness (QED) is 0.681. The van der Waals surface area contributed by atoms with Crippen LogP contribution in [0.3, 0.4) is 0 Å². The fourth-order valence-corrected chi connectivity index (χ4v) is 2.90. The molecule has 0 fully saturated rings. The van der Waals surface area contributed by atoms with Crippen LogP contribution in [0.15, 0.2) is 22.8 Å². The Kier molecular flexibility index (Phi) is 5.84. The monoisotopic (exact) mass is 240 g/mol. The SMILES string of the molecule is CC(C)CC(OC[SiH2]c1ccco1)C(C)C. The zero-order chi connectivity index (χ0) is 12.0. The molecule has 1 aromatic heterocycles. The molecule has 0 aliphatic carbocycles. The summed E-state index contributed by atoms with van der Waals surface area (Å²) in [6, 6.07) is 4.01. The molecule has 0 aliphatic rings. The molecule has 0 saturated carbocycles. The second-order valence-corrected chi connectivity index (χ2v) is 6.72. The topological polar surface area (TPSA) is 22.4 Å². The van der Waals surface area contributed by atoms with Gasteiger partial charge in [0, 0.05) is 6.23 Å². The molecule has 0 aromatic carbocycles. The Bertz CT molecular complexity index is 267. The maximum atomic E-state index is 5.99. The molecule has 0 aliphatic heterocycles. The second-order valence-electron chi connectivity index (χ2n) is 5.11. The van der Waals surface area contributed by atoms with Gasteiger partial charge in [0.2, 0.25) is 0 Å². The smallest absolute Gasteiger partial charge is 0.129 e. The normalized spacial score (nSPS) is 14.4. The third-order valence-electron chi connectivity index (χ3n) is 2.71. The van der Waals surface area contributed by atoms with Crippen molar-refractivity contribution in [2.75, 3.05) is 6.23 Å². The van der Waals surface area contributed by atoms with Crippen molar-refractivity contribution in [2.24, 2.45) is 11.8 Å². The molecule has 1 aromatic rings. The lowest BCUT2D eigenvalue weighted by Crippen LogP contribution is -2.27. The number of ether oxygens (including phenoxy) is 1. The van der Waals surface area contributed by atoms with Crippen molar-refractivity contribution in [2.45, 2.75) is 40.2 Å². The molecule has 0 radical (unpaired) electrons. The molecular formula is C13H24O2Si. The average molecular weight is 240 g/mol. The third-order valence-corrected chi connectivity index (χ3v) is 4.04. The van der Waals surface area contributed by atoms with Gasteiger partial charge < -0.3 is 9.15 Å². The maximum Gasteiger partial charge on any atom is 0.129 e. The summed E-state index contributed by atoms with van der Waals surface area (Å²) in [5, 5.41) is 1.15. The first kappa shape index (κ1) is 13.5. The third kappa shape index (κ3) is 4.99. The summed E-state index contributed by atoms with van der Waals surface area (Å²) in [5.41, 5.74) is 0. The maximum absolute atomic E-state index is 5.99. The van der Waals surface area contributed by atoms with E-state index in [2.05, 4.69) is 33.8 Å². The van der Waals surface area contributed by atoms with Crippen LogP contribution in [0, 0.1) is 11.8 Å².